The highest BCUT2D eigenvalue weighted by Gasteiger charge is 1.97. The summed E-state index contributed by atoms with van der Waals surface area (Å²) in [4.78, 5) is 11.1. The minimum Gasteiger partial charge on any atom is -0.463 e. The topological polar surface area (TPSA) is 52.3 Å². The van der Waals surface area contributed by atoms with Crippen LogP contribution in [0.1, 0.15) is 18.1 Å². The molecular formula is C12H15NO2. The van der Waals surface area contributed by atoms with Gasteiger partial charge in [-0.25, -0.2) is 4.79 Å². The van der Waals surface area contributed by atoms with Crippen LogP contribution in [0, 0.1) is 0 Å². The summed E-state index contributed by atoms with van der Waals surface area (Å²) >= 11 is 0. The summed E-state index contributed by atoms with van der Waals surface area (Å²) < 4.78 is 4.78. The smallest absolute Gasteiger partial charge is 0.330 e. The molecule has 0 aromatic heterocycles. The highest BCUT2D eigenvalue weighted by atomic mass is 16.5. The van der Waals surface area contributed by atoms with Gasteiger partial charge in [-0.3, -0.25) is 0 Å². The number of ether oxygens (including phenoxy) is 1. The van der Waals surface area contributed by atoms with Crippen molar-refractivity contribution in [3.63, 3.8) is 0 Å². The van der Waals surface area contributed by atoms with Gasteiger partial charge < -0.3 is 10.5 Å². The molecule has 15 heavy (non-hydrogen) atoms. The Bertz CT molecular complexity index is 358. The number of nitrogens with two attached hydrogens (primary N) is 1. The first kappa shape index (κ1) is 11.5. The molecule has 0 spiro atoms. The molecular weight excluding hydrogens is 190 g/mol. The third-order valence-electron chi connectivity index (χ3n) is 1.96. The van der Waals surface area contributed by atoms with Crippen LogP contribution in [-0.2, 0) is 16.1 Å². The van der Waals surface area contributed by atoms with Gasteiger partial charge in [0.05, 0.1) is 6.61 Å². The van der Waals surface area contributed by atoms with Gasteiger partial charge in [0.2, 0.25) is 0 Å². The minimum atomic E-state index is -0.329. The fourth-order valence-electron chi connectivity index (χ4n) is 1.23. The van der Waals surface area contributed by atoms with Crippen LogP contribution >= 0.6 is 0 Å². The monoisotopic (exact) mass is 205 g/mol. The quantitative estimate of drug-likeness (QED) is 0.601. The maximum absolute atomic E-state index is 11.1. The molecule has 0 aliphatic carbocycles. The maximum Gasteiger partial charge on any atom is 0.330 e. The van der Waals surface area contributed by atoms with E-state index < -0.39 is 0 Å². The van der Waals surface area contributed by atoms with E-state index in [1.807, 2.05) is 24.3 Å². The SMILES string of the molecule is CCOC(=O)/C=C/c1ccccc1CN. The fraction of sp³-hybridized carbons (Fsp3) is 0.250. The number of carbonyl (C=O) groups is 1. The number of esters is 1. The molecule has 0 saturated heterocycles. The highest BCUT2D eigenvalue weighted by molar-refractivity contribution is 5.87. The summed E-state index contributed by atoms with van der Waals surface area (Å²) in [5.41, 5.74) is 7.53. The average Bonchev–Trinajstić information content (AvgIpc) is 2.27. The van der Waals surface area contributed by atoms with Crippen LogP contribution < -0.4 is 5.73 Å². The Kier molecular flexibility index (Phi) is 4.57. The van der Waals surface area contributed by atoms with Crippen LogP contribution in [0.3, 0.4) is 0 Å². The first-order valence-corrected chi connectivity index (χ1v) is 4.90. The van der Waals surface area contributed by atoms with E-state index in [1.54, 1.807) is 13.0 Å². The van der Waals surface area contributed by atoms with Crippen LogP contribution in [0.25, 0.3) is 6.08 Å². The van der Waals surface area contributed by atoms with Gasteiger partial charge in [-0.2, -0.15) is 0 Å². The van der Waals surface area contributed by atoms with Crippen molar-refractivity contribution in [2.24, 2.45) is 5.73 Å². The second-order valence-electron chi connectivity index (χ2n) is 2.99. The maximum atomic E-state index is 11.1. The molecule has 0 heterocycles. The molecule has 0 aliphatic heterocycles. The van der Waals surface area contributed by atoms with Gasteiger partial charge in [0.1, 0.15) is 0 Å². The van der Waals surface area contributed by atoms with Crippen LogP contribution in [0.4, 0.5) is 0 Å². The van der Waals surface area contributed by atoms with Crippen molar-refractivity contribution >= 4 is 12.0 Å². The summed E-state index contributed by atoms with van der Waals surface area (Å²) in [6.45, 7) is 2.63. The van der Waals surface area contributed by atoms with E-state index in [9.17, 15) is 4.79 Å². The molecule has 1 aromatic carbocycles. The van der Waals surface area contributed by atoms with Crippen molar-refractivity contribution in [1.82, 2.24) is 0 Å². The van der Waals surface area contributed by atoms with Crippen molar-refractivity contribution in [2.45, 2.75) is 13.5 Å². The van der Waals surface area contributed by atoms with E-state index in [0.29, 0.717) is 13.2 Å². The second-order valence-corrected chi connectivity index (χ2v) is 2.99. The molecule has 0 atom stereocenters. The van der Waals surface area contributed by atoms with Crippen LogP contribution in [0.15, 0.2) is 30.3 Å². The summed E-state index contributed by atoms with van der Waals surface area (Å²) in [6, 6.07) is 7.68. The van der Waals surface area contributed by atoms with Gasteiger partial charge in [0, 0.05) is 12.6 Å². The minimum absolute atomic E-state index is 0.329. The summed E-state index contributed by atoms with van der Waals surface area (Å²) in [5, 5.41) is 0. The van der Waals surface area contributed by atoms with Gasteiger partial charge in [-0.05, 0) is 24.1 Å². The average molecular weight is 205 g/mol. The van der Waals surface area contributed by atoms with Gasteiger partial charge in [0.25, 0.3) is 0 Å². The predicted molar refractivity (Wildman–Crippen MR) is 60.0 cm³/mol. The molecule has 0 radical (unpaired) electrons. The molecule has 1 aromatic rings. The zero-order chi connectivity index (χ0) is 11.1. The third-order valence-corrected chi connectivity index (χ3v) is 1.96. The molecule has 3 heteroatoms. The lowest BCUT2D eigenvalue weighted by Crippen LogP contribution is -2.00. The van der Waals surface area contributed by atoms with Crippen LogP contribution in [-0.4, -0.2) is 12.6 Å². The molecule has 0 saturated carbocycles. The van der Waals surface area contributed by atoms with Crippen molar-refractivity contribution < 1.29 is 9.53 Å². The Morgan fingerprint density at radius 3 is 2.87 bits per heavy atom. The molecule has 0 bridgehead atoms. The van der Waals surface area contributed by atoms with E-state index in [1.165, 1.54) is 6.08 Å². The van der Waals surface area contributed by atoms with Gasteiger partial charge in [-0.1, -0.05) is 24.3 Å². The third kappa shape index (κ3) is 3.56. The van der Waals surface area contributed by atoms with Gasteiger partial charge in [0.15, 0.2) is 0 Å². The fourth-order valence-corrected chi connectivity index (χ4v) is 1.23. The lowest BCUT2D eigenvalue weighted by Gasteiger charge is -2.01. The predicted octanol–water partition coefficient (Wildman–Crippen LogP) is 1.72. The summed E-state index contributed by atoms with van der Waals surface area (Å²) in [5.74, 6) is -0.329. The van der Waals surface area contributed by atoms with Crippen molar-refractivity contribution in [1.29, 1.82) is 0 Å². The second kappa shape index (κ2) is 5.98. The molecule has 3 nitrogen and oxygen atoms in total. The molecule has 0 amide bonds. The summed E-state index contributed by atoms with van der Waals surface area (Å²) in [7, 11) is 0. The Hall–Kier alpha value is -1.61. The van der Waals surface area contributed by atoms with E-state index in [4.69, 9.17) is 10.5 Å². The van der Waals surface area contributed by atoms with E-state index >= 15 is 0 Å². The molecule has 0 fully saturated rings. The molecule has 80 valence electrons. The molecule has 1 rings (SSSR count). The number of hydrogen-bond acceptors (Lipinski definition) is 3. The Morgan fingerprint density at radius 2 is 2.20 bits per heavy atom. The number of rotatable bonds is 4. The summed E-state index contributed by atoms with van der Waals surface area (Å²) in [6.07, 6.45) is 3.14. The van der Waals surface area contributed by atoms with Crippen molar-refractivity contribution in [2.75, 3.05) is 6.61 Å². The van der Waals surface area contributed by atoms with E-state index in [0.717, 1.165) is 11.1 Å². The van der Waals surface area contributed by atoms with Gasteiger partial charge >= 0.3 is 5.97 Å². The normalized spacial score (nSPS) is 10.5. The standard InChI is InChI=1S/C12H15NO2/c1-2-15-12(14)8-7-10-5-3-4-6-11(10)9-13/h3-8H,2,9,13H2,1H3/b8-7+. The Morgan fingerprint density at radius 1 is 1.47 bits per heavy atom. The lowest BCUT2D eigenvalue weighted by molar-refractivity contribution is -0.137. The van der Waals surface area contributed by atoms with Crippen LogP contribution in [0.5, 0.6) is 0 Å². The zero-order valence-corrected chi connectivity index (χ0v) is 8.77. The lowest BCUT2D eigenvalue weighted by atomic mass is 10.1. The van der Waals surface area contributed by atoms with E-state index in [-0.39, 0.29) is 5.97 Å². The molecule has 2 N–H and O–H groups in total. The largest absolute Gasteiger partial charge is 0.463 e. The van der Waals surface area contributed by atoms with Crippen molar-refractivity contribution in [3.05, 3.63) is 41.5 Å². The highest BCUT2D eigenvalue weighted by Crippen LogP contribution is 2.09. The Labute approximate surface area is 89.5 Å². The molecule has 0 aliphatic rings. The first-order valence-electron chi connectivity index (χ1n) is 4.90. The number of carbonyl (C=O) groups excluding carboxylic acids is 1. The number of benzene rings is 1. The van der Waals surface area contributed by atoms with E-state index in [2.05, 4.69) is 0 Å². The number of hydrogen-bond donors (Lipinski definition) is 1. The van der Waals surface area contributed by atoms with Crippen LogP contribution in [0.2, 0.25) is 0 Å². The Balaban J connectivity index is 2.75. The van der Waals surface area contributed by atoms with Gasteiger partial charge in [-0.15, -0.1) is 0 Å². The molecule has 0 unspecified atom stereocenters. The zero-order valence-electron chi connectivity index (χ0n) is 8.77. The van der Waals surface area contributed by atoms with Crippen molar-refractivity contribution in [3.8, 4) is 0 Å². The first-order chi connectivity index (χ1) is 7.27.